The average molecular weight is 241 g/mol. The molecule has 0 bridgehead atoms. The van der Waals surface area contributed by atoms with Crippen LogP contribution in [-0.4, -0.2) is 68.3 Å². The van der Waals surface area contributed by atoms with Crippen LogP contribution in [0.1, 0.15) is 19.8 Å². The molecule has 2 saturated heterocycles. The predicted octanol–water partition coefficient (Wildman–Crippen LogP) is 0.376. The minimum Gasteiger partial charge on any atom is -0.381 e. The smallest absolute Gasteiger partial charge is 0.0521 e. The minimum atomic E-state index is 0.337. The van der Waals surface area contributed by atoms with E-state index < -0.39 is 0 Å². The van der Waals surface area contributed by atoms with E-state index in [1.807, 2.05) is 0 Å². The third kappa shape index (κ3) is 3.41. The second-order valence-electron chi connectivity index (χ2n) is 5.59. The first-order valence-electron chi connectivity index (χ1n) is 6.96. The summed E-state index contributed by atoms with van der Waals surface area (Å²) in [5.74, 6) is 0.532. The van der Waals surface area contributed by atoms with E-state index >= 15 is 0 Å². The van der Waals surface area contributed by atoms with E-state index in [0.29, 0.717) is 18.0 Å². The number of ether oxygens (including phenoxy) is 1. The van der Waals surface area contributed by atoms with Crippen molar-refractivity contribution in [3.05, 3.63) is 0 Å². The van der Waals surface area contributed by atoms with Crippen LogP contribution in [0.5, 0.6) is 0 Å². The Labute approximate surface area is 105 Å². The summed E-state index contributed by atoms with van der Waals surface area (Å²) in [4.78, 5) is 5.06. The maximum absolute atomic E-state index is 6.17. The molecule has 2 N–H and O–H groups in total. The predicted molar refractivity (Wildman–Crippen MR) is 70.1 cm³/mol. The molecular formula is C13H27N3O. The van der Waals surface area contributed by atoms with Crippen molar-refractivity contribution in [2.75, 3.05) is 46.4 Å². The molecule has 2 heterocycles. The van der Waals surface area contributed by atoms with Gasteiger partial charge in [-0.2, -0.15) is 0 Å². The number of nitrogens with zero attached hydrogens (tertiary/aromatic N) is 2. The minimum absolute atomic E-state index is 0.337. The highest BCUT2D eigenvalue weighted by Crippen LogP contribution is 2.17. The Kier molecular flexibility index (Phi) is 4.79. The highest BCUT2D eigenvalue weighted by molar-refractivity contribution is 4.84. The molecule has 4 heteroatoms. The molecule has 0 aromatic heterocycles. The molecule has 3 atom stereocenters. The summed E-state index contributed by atoms with van der Waals surface area (Å²) in [5, 5.41) is 0. The molecule has 0 aromatic carbocycles. The normalized spacial score (nSPS) is 37.2. The Hall–Kier alpha value is -0.160. The summed E-state index contributed by atoms with van der Waals surface area (Å²) in [6, 6.07) is 1.05. The fraction of sp³-hybridized carbons (Fsp3) is 1.00. The molecule has 2 fully saturated rings. The van der Waals surface area contributed by atoms with E-state index in [2.05, 4.69) is 23.8 Å². The molecule has 2 rings (SSSR count). The lowest BCUT2D eigenvalue weighted by Crippen LogP contribution is -2.54. The van der Waals surface area contributed by atoms with Gasteiger partial charge in [0, 0.05) is 50.8 Å². The van der Waals surface area contributed by atoms with Crippen molar-refractivity contribution in [3.8, 4) is 0 Å². The molecule has 4 nitrogen and oxygen atoms in total. The zero-order valence-corrected chi connectivity index (χ0v) is 11.3. The van der Waals surface area contributed by atoms with Crippen molar-refractivity contribution < 1.29 is 4.74 Å². The Morgan fingerprint density at radius 2 is 2.18 bits per heavy atom. The summed E-state index contributed by atoms with van der Waals surface area (Å²) in [6.07, 6.45) is 2.26. The lowest BCUT2D eigenvalue weighted by atomic mass is 9.95. The quantitative estimate of drug-likeness (QED) is 0.775. The van der Waals surface area contributed by atoms with Gasteiger partial charge in [0.15, 0.2) is 0 Å². The molecule has 0 spiro atoms. The van der Waals surface area contributed by atoms with Gasteiger partial charge in [0.25, 0.3) is 0 Å². The van der Waals surface area contributed by atoms with Gasteiger partial charge in [-0.3, -0.25) is 0 Å². The first-order valence-corrected chi connectivity index (χ1v) is 6.96. The molecule has 0 radical (unpaired) electrons. The van der Waals surface area contributed by atoms with E-state index in [4.69, 9.17) is 10.5 Å². The van der Waals surface area contributed by atoms with Gasteiger partial charge in [0.05, 0.1) is 6.61 Å². The van der Waals surface area contributed by atoms with Gasteiger partial charge < -0.3 is 20.3 Å². The van der Waals surface area contributed by atoms with E-state index in [1.165, 1.54) is 26.1 Å². The molecule has 0 aliphatic carbocycles. The van der Waals surface area contributed by atoms with Crippen molar-refractivity contribution in [3.63, 3.8) is 0 Å². The number of hydrogen-bond acceptors (Lipinski definition) is 4. The van der Waals surface area contributed by atoms with Crippen LogP contribution < -0.4 is 5.73 Å². The summed E-state index contributed by atoms with van der Waals surface area (Å²) in [5.41, 5.74) is 6.17. The lowest BCUT2D eigenvalue weighted by Gasteiger charge is -2.41. The van der Waals surface area contributed by atoms with Crippen molar-refractivity contribution in [1.29, 1.82) is 0 Å². The first-order chi connectivity index (χ1) is 8.20. The number of piperazine rings is 1. The van der Waals surface area contributed by atoms with Crippen molar-refractivity contribution in [2.45, 2.75) is 31.8 Å². The van der Waals surface area contributed by atoms with Gasteiger partial charge in [0.2, 0.25) is 0 Å². The molecule has 2 aliphatic heterocycles. The monoisotopic (exact) mass is 241 g/mol. The molecule has 17 heavy (non-hydrogen) atoms. The van der Waals surface area contributed by atoms with Gasteiger partial charge in [-0.25, -0.2) is 0 Å². The molecule has 0 amide bonds. The maximum atomic E-state index is 6.17. The van der Waals surface area contributed by atoms with Gasteiger partial charge in [-0.05, 0) is 19.9 Å². The zero-order valence-electron chi connectivity index (χ0n) is 11.3. The van der Waals surface area contributed by atoms with E-state index in [1.54, 1.807) is 0 Å². The average Bonchev–Trinajstić information content (AvgIpc) is 2.34. The highest BCUT2D eigenvalue weighted by atomic mass is 16.5. The molecular weight excluding hydrogens is 214 g/mol. The SMILES string of the molecule is CCC1CN(CC2COCCC2N)CCN1C. The van der Waals surface area contributed by atoms with Crippen LogP contribution in [0.3, 0.4) is 0 Å². The molecule has 0 saturated carbocycles. The van der Waals surface area contributed by atoms with E-state index in [0.717, 1.165) is 26.2 Å². The van der Waals surface area contributed by atoms with E-state index in [-0.39, 0.29) is 0 Å². The molecule has 0 aromatic rings. The highest BCUT2D eigenvalue weighted by Gasteiger charge is 2.28. The molecule has 100 valence electrons. The standard InChI is InChI=1S/C13H27N3O/c1-3-12-9-16(6-5-15(12)2)8-11-10-17-7-4-13(11)14/h11-13H,3-10,14H2,1-2H3. The van der Waals surface area contributed by atoms with Crippen LogP contribution in [-0.2, 0) is 4.74 Å². The van der Waals surface area contributed by atoms with Crippen LogP contribution >= 0.6 is 0 Å². The molecule has 3 unspecified atom stereocenters. The Balaban J connectivity index is 1.82. The van der Waals surface area contributed by atoms with Crippen molar-refractivity contribution in [1.82, 2.24) is 9.80 Å². The largest absolute Gasteiger partial charge is 0.381 e. The lowest BCUT2D eigenvalue weighted by molar-refractivity contribution is 0.0105. The summed E-state index contributed by atoms with van der Waals surface area (Å²) >= 11 is 0. The number of likely N-dealkylation sites (N-methyl/N-ethyl adjacent to an activating group) is 1. The van der Waals surface area contributed by atoms with Gasteiger partial charge in [-0.1, -0.05) is 6.92 Å². The van der Waals surface area contributed by atoms with Crippen molar-refractivity contribution >= 4 is 0 Å². The summed E-state index contributed by atoms with van der Waals surface area (Å²) < 4.78 is 5.55. The van der Waals surface area contributed by atoms with Crippen LogP contribution in [0.2, 0.25) is 0 Å². The topological polar surface area (TPSA) is 41.7 Å². The maximum Gasteiger partial charge on any atom is 0.0521 e. The van der Waals surface area contributed by atoms with Crippen LogP contribution in [0.25, 0.3) is 0 Å². The zero-order chi connectivity index (χ0) is 12.3. The first kappa shape index (κ1) is 13.3. The van der Waals surface area contributed by atoms with Gasteiger partial charge in [0.1, 0.15) is 0 Å². The number of nitrogens with two attached hydrogens (primary N) is 1. The number of hydrogen-bond donors (Lipinski definition) is 1. The fourth-order valence-corrected chi connectivity index (χ4v) is 2.95. The van der Waals surface area contributed by atoms with Gasteiger partial charge in [-0.15, -0.1) is 0 Å². The van der Waals surface area contributed by atoms with Gasteiger partial charge >= 0.3 is 0 Å². The Morgan fingerprint density at radius 3 is 2.88 bits per heavy atom. The number of rotatable bonds is 3. The second-order valence-corrected chi connectivity index (χ2v) is 5.59. The Morgan fingerprint density at radius 1 is 1.35 bits per heavy atom. The summed E-state index contributed by atoms with van der Waals surface area (Å²) in [7, 11) is 2.24. The van der Waals surface area contributed by atoms with Crippen LogP contribution in [0.15, 0.2) is 0 Å². The third-order valence-corrected chi connectivity index (χ3v) is 4.36. The van der Waals surface area contributed by atoms with E-state index in [9.17, 15) is 0 Å². The third-order valence-electron chi connectivity index (χ3n) is 4.36. The van der Waals surface area contributed by atoms with Crippen LogP contribution in [0, 0.1) is 5.92 Å². The summed E-state index contributed by atoms with van der Waals surface area (Å²) in [6.45, 7) is 8.64. The second kappa shape index (κ2) is 6.14. The van der Waals surface area contributed by atoms with Crippen LogP contribution in [0.4, 0.5) is 0 Å². The Bertz CT molecular complexity index is 237. The fourth-order valence-electron chi connectivity index (χ4n) is 2.95. The van der Waals surface area contributed by atoms with Crippen molar-refractivity contribution in [2.24, 2.45) is 11.7 Å². The molecule has 2 aliphatic rings.